The molecule has 0 saturated carbocycles. The van der Waals surface area contributed by atoms with Crippen molar-refractivity contribution in [3.8, 4) is 11.5 Å². The standard InChI is InChI=1S/C23H24FN3O5/c24-17-3-5-18(6-4-17)26-9-11-27(12-10-26)23(30)19(14-28)25-22(29)8-2-16-1-7-20-21(13-16)32-15-31-20/h1-8,13,19,28H,9-12,14-15H2,(H,25,29)/t19-/m0/s1. The van der Waals surface area contributed by atoms with Crippen LogP contribution in [0.3, 0.4) is 0 Å². The highest BCUT2D eigenvalue weighted by atomic mass is 19.1. The number of nitrogens with one attached hydrogen (secondary N) is 1. The number of nitrogens with zero attached hydrogens (tertiary/aromatic N) is 2. The Morgan fingerprint density at radius 1 is 1.06 bits per heavy atom. The van der Waals surface area contributed by atoms with E-state index in [9.17, 15) is 19.1 Å². The van der Waals surface area contributed by atoms with E-state index in [0.29, 0.717) is 37.7 Å². The predicted octanol–water partition coefficient (Wildman–Crippen LogP) is 1.39. The van der Waals surface area contributed by atoms with Crippen molar-refractivity contribution in [3.05, 3.63) is 59.9 Å². The van der Waals surface area contributed by atoms with Gasteiger partial charge in [-0.3, -0.25) is 9.59 Å². The van der Waals surface area contributed by atoms with Crippen LogP contribution in [-0.4, -0.2) is 67.4 Å². The zero-order valence-electron chi connectivity index (χ0n) is 17.4. The van der Waals surface area contributed by atoms with E-state index in [0.717, 1.165) is 11.3 Å². The monoisotopic (exact) mass is 441 g/mol. The number of piperazine rings is 1. The first-order chi connectivity index (χ1) is 15.5. The number of ether oxygens (including phenoxy) is 2. The van der Waals surface area contributed by atoms with Gasteiger partial charge in [-0.15, -0.1) is 0 Å². The van der Waals surface area contributed by atoms with Gasteiger partial charge in [-0.25, -0.2) is 4.39 Å². The Balaban J connectivity index is 1.30. The van der Waals surface area contributed by atoms with Crippen LogP contribution in [0.1, 0.15) is 5.56 Å². The van der Waals surface area contributed by atoms with Crippen molar-refractivity contribution >= 4 is 23.6 Å². The zero-order valence-corrected chi connectivity index (χ0v) is 17.4. The number of benzene rings is 2. The molecule has 0 aromatic heterocycles. The Morgan fingerprint density at radius 3 is 2.50 bits per heavy atom. The SMILES string of the molecule is O=C(C=Cc1ccc2c(c1)OCO2)N[C@@H](CO)C(=O)N1CCN(c2ccc(F)cc2)CC1. The largest absolute Gasteiger partial charge is 0.454 e. The fourth-order valence-electron chi connectivity index (χ4n) is 3.65. The van der Waals surface area contributed by atoms with E-state index in [1.54, 1.807) is 41.3 Å². The number of carbonyl (C=O) groups excluding carboxylic acids is 2. The average molecular weight is 441 g/mol. The summed E-state index contributed by atoms with van der Waals surface area (Å²) in [6.07, 6.45) is 2.90. The second-order valence-electron chi connectivity index (χ2n) is 7.48. The molecule has 0 spiro atoms. The van der Waals surface area contributed by atoms with E-state index in [2.05, 4.69) is 10.2 Å². The summed E-state index contributed by atoms with van der Waals surface area (Å²) in [5, 5.41) is 12.2. The number of aliphatic hydroxyl groups excluding tert-OH is 1. The number of rotatable bonds is 6. The number of hydrogen-bond acceptors (Lipinski definition) is 6. The first kappa shape index (κ1) is 21.6. The Hall–Kier alpha value is -3.59. The highest BCUT2D eigenvalue weighted by molar-refractivity contribution is 5.95. The van der Waals surface area contributed by atoms with Gasteiger partial charge in [0.05, 0.1) is 6.61 Å². The summed E-state index contributed by atoms with van der Waals surface area (Å²) >= 11 is 0. The molecule has 0 radical (unpaired) electrons. The van der Waals surface area contributed by atoms with Crippen molar-refractivity contribution in [2.45, 2.75) is 6.04 Å². The van der Waals surface area contributed by atoms with Crippen LogP contribution in [0, 0.1) is 5.82 Å². The van der Waals surface area contributed by atoms with Crippen LogP contribution >= 0.6 is 0 Å². The molecule has 4 rings (SSSR count). The Bertz CT molecular complexity index is 1000. The van der Waals surface area contributed by atoms with Gasteiger partial charge in [0.25, 0.3) is 0 Å². The van der Waals surface area contributed by atoms with E-state index in [4.69, 9.17) is 9.47 Å². The quantitative estimate of drug-likeness (QED) is 0.659. The Kier molecular flexibility index (Phi) is 6.55. The molecule has 0 aliphatic carbocycles. The zero-order chi connectivity index (χ0) is 22.5. The number of halogens is 1. The maximum atomic E-state index is 13.1. The molecular formula is C23H24FN3O5. The van der Waals surface area contributed by atoms with Gasteiger partial charge < -0.3 is 29.7 Å². The van der Waals surface area contributed by atoms with Crippen molar-refractivity contribution in [2.75, 3.05) is 44.5 Å². The second kappa shape index (κ2) is 9.69. The van der Waals surface area contributed by atoms with Crippen LogP contribution in [-0.2, 0) is 9.59 Å². The normalized spacial score (nSPS) is 16.3. The van der Waals surface area contributed by atoms with Crippen LogP contribution < -0.4 is 19.7 Å². The lowest BCUT2D eigenvalue weighted by atomic mass is 10.1. The first-order valence-corrected chi connectivity index (χ1v) is 10.3. The van der Waals surface area contributed by atoms with E-state index >= 15 is 0 Å². The predicted molar refractivity (Wildman–Crippen MR) is 116 cm³/mol. The van der Waals surface area contributed by atoms with Gasteiger partial charge >= 0.3 is 0 Å². The van der Waals surface area contributed by atoms with Crippen LogP contribution in [0.25, 0.3) is 6.08 Å². The number of anilines is 1. The summed E-state index contributed by atoms with van der Waals surface area (Å²) in [6, 6.07) is 10.5. The molecule has 2 N–H and O–H groups in total. The highest BCUT2D eigenvalue weighted by Crippen LogP contribution is 2.32. The van der Waals surface area contributed by atoms with E-state index in [1.165, 1.54) is 18.2 Å². The maximum absolute atomic E-state index is 13.1. The Morgan fingerprint density at radius 2 is 1.78 bits per heavy atom. The molecule has 2 aliphatic rings. The Labute approximate surface area is 184 Å². The van der Waals surface area contributed by atoms with Gasteiger partial charge in [0.2, 0.25) is 18.6 Å². The molecule has 32 heavy (non-hydrogen) atoms. The van der Waals surface area contributed by atoms with Gasteiger partial charge in [0.15, 0.2) is 11.5 Å². The molecule has 2 heterocycles. The fourth-order valence-corrected chi connectivity index (χ4v) is 3.65. The minimum atomic E-state index is -1.03. The first-order valence-electron chi connectivity index (χ1n) is 10.3. The van der Waals surface area contributed by atoms with Crippen molar-refractivity contribution in [3.63, 3.8) is 0 Å². The third-order valence-corrected chi connectivity index (χ3v) is 5.40. The van der Waals surface area contributed by atoms with E-state index in [-0.39, 0.29) is 18.5 Å². The van der Waals surface area contributed by atoms with Gasteiger partial charge in [-0.1, -0.05) is 6.07 Å². The van der Waals surface area contributed by atoms with Gasteiger partial charge in [-0.2, -0.15) is 0 Å². The average Bonchev–Trinajstić information content (AvgIpc) is 3.29. The maximum Gasteiger partial charge on any atom is 0.247 e. The molecule has 2 aromatic rings. The summed E-state index contributed by atoms with van der Waals surface area (Å²) < 4.78 is 23.7. The molecule has 168 valence electrons. The molecule has 2 aliphatic heterocycles. The lowest BCUT2D eigenvalue weighted by Gasteiger charge is -2.37. The van der Waals surface area contributed by atoms with Crippen LogP contribution in [0.5, 0.6) is 11.5 Å². The topological polar surface area (TPSA) is 91.3 Å². The number of aliphatic hydroxyl groups is 1. The summed E-state index contributed by atoms with van der Waals surface area (Å²) in [5.74, 6) is 0.139. The molecule has 1 fully saturated rings. The number of hydrogen-bond donors (Lipinski definition) is 2. The highest BCUT2D eigenvalue weighted by Gasteiger charge is 2.28. The molecule has 9 heteroatoms. The van der Waals surface area contributed by atoms with Gasteiger partial charge in [0.1, 0.15) is 11.9 Å². The van der Waals surface area contributed by atoms with E-state index in [1.807, 2.05) is 0 Å². The third-order valence-electron chi connectivity index (χ3n) is 5.40. The molecule has 2 amide bonds. The molecule has 2 aromatic carbocycles. The second-order valence-corrected chi connectivity index (χ2v) is 7.48. The van der Waals surface area contributed by atoms with E-state index < -0.39 is 18.6 Å². The van der Waals surface area contributed by atoms with Crippen LogP contribution in [0.15, 0.2) is 48.5 Å². The lowest BCUT2D eigenvalue weighted by molar-refractivity contribution is -0.137. The summed E-state index contributed by atoms with van der Waals surface area (Å²) in [6.45, 7) is 1.70. The van der Waals surface area contributed by atoms with Crippen molar-refractivity contribution in [1.29, 1.82) is 0 Å². The van der Waals surface area contributed by atoms with Crippen LogP contribution in [0.4, 0.5) is 10.1 Å². The molecule has 8 nitrogen and oxygen atoms in total. The van der Waals surface area contributed by atoms with Crippen LogP contribution in [0.2, 0.25) is 0 Å². The summed E-state index contributed by atoms with van der Waals surface area (Å²) in [4.78, 5) is 28.8. The fraction of sp³-hybridized carbons (Fsp3) is 0.304. The van der Waals surface area contributed by atoms with Crippen molar-refractivity contribution in [1.82, 2.24) is 10.2 Å². The third kappa shape index (κ3) is 5.00. The number of carbonyl (C=O) groups is 2. The van der Waals surface area contributed by atoms with Gasteiger partial charge in [-0.05, 0) is 48.0 Å². The lowest BCUT2D eigenvalue weighted by Crippen LogP contribution is -2.56. The number of amides is 2. The summed E-state index contributed by atoms with van der Waals surface area (Å²) in [7, 11) is 0. The molecule has 0 bridgehead atoms. The molecular weight excluding hydrogens is 417 g/mol. The van der Waals surface area contributed by atoms with Crippen molar-refractivity contribution in [2.24, 2.45) is 0 Å². The van der Waals surface area contributed by atoms with Gasteiger partial charge in [0, 0.05) is 37.9 Å². The summed E-state index contributed by atoms with van der Waals surface area (Å²) in [5.41, 5.74) is 1.63. The molecule has 1 saturated heterocycles. The minimum absolute atomic E-state index is 0.168. The smallest absolute Gasteiger partial charge is 0.247 e. The number of fused-ring (bicyclic) bond motifs is 1. The minimum Gasteiger partial charge on any atom is -0.454 e. The molecule has 1 atom stereocenters. The molecule has 0 unspecified atom stereocenters. The van der Waals surface area contributed by atoms with Crippen molar-refractivity contribution < 1.29 is 28.6 Å².